The lowest BCUT2D eigenvalue weighted by atomic mass is 9.96. The minimum absolute atomic E-state index is 0.00644. The number of carbonyl (C=O) groups excluding carboxylic acids is 10. The first kappa shape index (κ1) is 70.4. The first-order chi connectivity index (χ1) is 38.9. The zero-order valence-corrected chi connectivity index (χ0v) is 46.8. The summed E-state index contributed by atoms with van der Waals surface area (Å²) in [5.74, 6) is -5.68. The van der Waals surface area contributed by atoms with Crippen LogP contribution in [-0.4, -0.2) is 198 Å². The minimum Gasteiger partial charge on any atom is -0.491 e. The highest BCUT2D eigenvalue weighted by Crippen LogP contribution is 2.17. The summed E-state index contributed by atoms with van der Waals surface area (Å²) in [5.41, 5.74) is 0.241. The van der Waals surface area contributed by atoms with Crippen LogP contribution in [0.25, 0.3) is 0 Å². The maximum Gasteiger partial charge on any atom is 0.306 e. The van der Waals surface area contributed by atoms with E-state index in [1.54, 1.807) is 18.2 Å². The second-order valence-corrected chi connectivity index (χ2v) is 19.3. The van der Waals surface area contributed by atoms with Crippen molar-refractivity contribution in [3.63, 3.8) is 0 Å². The number of hydrogen-bond donors (Lipinski definition) is 7. The number of amides is 8. The Balaban J connectivity index is 1.38. The molecule has 0 unspecified atom stereocenters. The Morgan fingerprint density at radius 2 is 1.09 bits per heavy atom. The van der Waals surface area contributed by atoms with E-state index in [1.165, 1.54) is 25.1 Å². The SMILES string of the molecule is CC(=O)N(O)CCCCCNC(=O)CCC(=O)N(O)CCCCCCC(=O)CCC(=O)N(O)CCCCCNC(=O)CCOCCOCCOCCOc1cccc(C(=O)NCC(=O)C[C@@H](CCCCN2C(=O)C=CC2=O)C(=O)O)c1. The molecular weight excluding hydrogens is 1060 g/mol. The number of benzene rings is 1. The molecule has 1 atom stereocenters. The molecule has 1 aliphatic rings. The van der Waals surface area contributed by atoms with E-state index in [4.69, 9.17) is 18.9 Å². The Bertz CT molecular complexity index is 2160. The quantitative estimate of drug-likeness (QED) is 0.0213. The average Bonchev–Trinajstić information content (AvgIpc) is 3.78. The fraction of sp³-hybridized carbons (Fsp3) is 0.655. The lowest BCUT2D eigenvalue weighted by Crippen LogP contribution is -2.32. The van der Waals surface area contributed by atoms with E-state index in [1.807, 2.05) is 0 Å². The highest BCUT2D eigenvalue weighted by atomic mass is 16.6. The van der Waals surface area contributed by atoms with E-state index >= 15 is 0 Å². The first-order valence-corrected chi connectivity index (χ1v) is 27.9. The van der Waals surface area contributed by atoms with Crippen LogP contribution in [0.1, 0.15) is 146 Å². The number of nitrogens with one attached hydrogen (secondary N) is 3. The van der Waals surface area contributed by atoms with Gasteiger partial charge in [-0.25, -0.2) is 15.2 Å². The zero-order chi connectivity index (χ0) is 59.6. The number of ketones is 2. The van der Waals surface area contributed by atoms with Gasteiger partial charge in [0.25, 0.3) is 17.7 Å². The molecule has 454 valence electrons. The molecule has 0 radical (unpaired) electrons. The number of carbonyl (C=O) groups is 11. The van der Waals surface area contributed by atoms with Gasteiger partial charge in [-0.05, 0) is 82.4 Å². The molecule has 7 N–H and O–H groups in total. The summed E-state index contributed by atoms with van der Waals surface area (Å²) >= 11 is 0. The third-order valence-electron chi connectivity index (χ3n) is 12.6. The number of Topliss-reactive ketones (excluding diaryl/α,β-unsaturated/α-hetero) is 2. The second kappa shape index (κ2) is 43.1. The van der Waals surface area contributed by atoms with Gasteiger partial charge in [-0.1, -0.05) is 25.3 Å². The second-order valence-electron chi connectivity index (χ2n) is 19.3. The van der Waals surface area contributed by atoms with Crippen LogP contribution in [0.2, 0.25) is 0 Å². The van der Waals surface area contributed by atoms with Gasteiger partial charge in [0, 0.05) is 109 Å². The monoisotopic (exact) mass is 1150 g/mol. The summed E-state index contributed by atoms with van der Waals surface area (Å²) in [6.45, 7) is 4.08. The van der Waals surface area contributed by atoms with Gasteiger partial charge < -0.3 is 40.0 Å². The molecular formula is C55H85N7O19. The van der Waals surface area contributed by atoms with Gasteiger partial charge in [0.1, 0.15) is 18.1 Å². The lowest BCUT2D eigenvalue weighted by Gasteiger charge is -2.15. The van der Waals surface area contributed by atoms with Crippen molar-refractivity contribution < 1.29 is 92.4 Å². The van der Waals surface area contributed by atoms with E-state index in [9.17, 15) is 73.5 Å². The molecule has 26 nitrogen and oxygen atoms in total. The van der Waals surface area contributed by atoms with E-state index in [0.29, 0.717) is 124 Å². The number of hydroxylamine groups is 6. The van der Waals surface area contributed by atoms with Crippen molar-refractivity contribution >= 4 is 64.8 Å². The van der Waals surface area contributed by atoms with Crippen LogP contribution < -0.4 is 20.7 Å². The normalized spacial score (nSPS) is 12.2. The fourth-order valence-corrected chi connectivity index (χ4v) is 7.86. The molecule has 2 rings (SSSR count). The number of imide groups is 1. The van der Waals surface area contributed by atoms with E-state index in [-0.39, 0.29) is 140 Å². The molecule has 81 heavy (non-hydrogen) atoms. The molecule has 0 bridgehead atoms. The molecule has 0 fully saturated rings. The molecule has 0 saturated heterocycles. The number of ether oxygens (including phenoxy) is 4. The third kappa shape index (κ3) is 34.2. The highest BCUT2D eigenvalue weighted by molar-refractivity contribution is 6.12. The van der Waals surface area contributed by atoms with Crippen LogP contribution in [0.5, 0.6) is 5.75 Å². The summed E-state index contributed by atoms with van der Waals surface area (Å²) < 4.78 is 22.1. The van der Waals surface area contributed by atoms with Crippen molar-refractivity contribution in [2.75, 3.05) is 92.1 Å². The van der Waals surface area contributed by atoms with Crippen LogP contribution in [0.3, 0.4) is 0 Å². The summed E-state index contributed by atoms with van der Waals surface area (Å²) in [7, 11) is 0. The fourth-order valence-electron chi connectivity index (χ4n) is 7.86. The maximum absolute atomic E-state index is 12.7. The van der Waals surface area contributed by atoms with Crippen LogP contribution in [0.4, 0.5) is 0 Å². The minimum atomic E-state index is -1.15. The predicted molar refractivity (Wildman–Crippen MR) is 288 cm³/mol. The predicted octanol–water partition coefficient (Wildman–Crippen LogP) is 3.32. The maximum atomic E-state index is 12.7. The van der Waals surface area contributed by atoms with Crippen molar-refractivity contribution in [1.82, 2.24) is 36.0 Å². The Labute approximate surface area is 473 Å². The van der Waals surface area contributed by atoms with Crippen molar-refractivity contribution in [3.8, 4) is 5.75 Å². The Morgan fingerprint density at radius 1 is 0.556 bits per heavy atom. The number of aliphatic carboxylic acids is 1. The molecule has 1 aromatic rings. The van der Waals surface area contributed by atoms with Crippen molar-refractivity contribution in [2.45, 2.75) is 135 Å². The topological polar surface area (TPSA) is 355 Å². The Morgan fingerprint density at radius 3 is 1.68 bits per heavy atom. The van der Waals surface area contributed by atoms with E-state index in [0.717, 1.165) is 4.90 Å². The molecule has 0 saturated carbocycles. The first-order valence-electron chi connectivity index (χ1n) is 27.9. The van der Waals surface area contributed by atoms with Gasteiger partial charge in [0.15, 0.2) is 5.78 Å². The van der Waals surface area contributed by atoms with E-state index in [2.05, 4.69) is 16.0 Å². The largest absolute Gasteiger partial charge is 0.491 e. The van der Waals surface area contributed by atoms with Crippen molar-refractivity contribution in [2.24, 2.45) is 5.92 Å². The van der Waals surface area contributed by atoms with E-state index < -0.39 is 53.1 Å². The van der Waals surface area contributed by atoms with Crippen molar-refractivity contribution in [3.05, 3.63) is 42.0 Å². The van der Waals surface area contributed by atoms with Crippen LogP contribution >= 0.6 is 0 Å². The molecule has 8 amide bonds. The third-order valence-corrected chi connectivity index (χ3v) is 12.6. The number of carboxylic acids is 1. The molecule has 0 aliphatic carbocycles. The van der Waals surface area contributed by atoms with Crippen LogP contribution in [0, 0.1) is 5.92 Å². The lowest BCUT2D eigenvalue weighted by molar-refractivity contribution is -0.166. The summed E-state index contributed by atoms with van der Waals surface area (Å²) in [4.78, 5) is 133. The summed E-state index contributed by atoms with van der Waals surface area (Å²) in [6.07, 6.45) is 9.29. The number of unbranched alkanes of at least 4 members (excludes halogenated alkanes) is 8. The summed E-state index contributed by atoms with van der Waals surface area (Å²) in [5, 5.41) is 48.9. The molecule has 26 heteroatoms. The molecule has 0 spiro atoms. The van der Waals surface area contributed by atoms with Gasteiger partial charge in [-0.15, -0.1) is 0 Å². The van der Waals surface area contributed by atoms with Gasteiger partial charge >= 0.3 is 5.97 Å². The molecule has 1 heterocycles. The summed E-state index contributed by atoms with van der Waals surface area (Å²) in [6, 6.07) is 6.32. The Kier molecular flexibility index (Phi) is 37.4. The molecule has 1 aliphatic heterocycles. The van der Waals surface area contributed by atoms with Crippen molar-refractivity contribution in [1.29, 1.82) is 0 Å². The number of rotatable bonds is 49. The average molecular weight is 1150 g/mol. The number of nitrogens with zero attached hydrogens (tertiary/aromatic N) is 4. The van der Waals surface area contributed by atoms with Gasteiger partial charge in [0.05, 0.1) is 52.1 Å². The van der Waals surface area contributed by atoms with Gasteiger partial charge in [-0.3, -0.25) is 73.3 Å². The van der Waals surface area contributed by atoms with Gasteiger partial charge in [-0.2, -0.15) is 0 Å². The Hall–Kier alpha value is -6.71. The standard InChI is InChI=1S/C55H85N7O19/c1-42(63)60(75)29-11-4-8-26-56-48(66)20-22-53(71)62(77)30-10-3-2-6-17-45(64)19-21-52(70)61(76)31-12-5-9-27-57-49(67)25-32-78-33-34-79-35-36-80-37-38-81-47-18-14-16-43(40-47)54(72)58-41-46(65)39-44(55(73)74)15-7-13-28-59-50(68)23-24-51(59)69/h14,16,18,23-24,40,44,75-77H,2-13,15,17,19-22,25-39,41H2,1H3,(H,56,66)(H,57,67)(H,58,72)(H,73,74)/t44-/m1/s1. The van der Waals surface area contributed by atoms with Gasteiger partial charge in [0.2, 0.25) is 29.5 Å². The zero-order valence-electron chi connectivity index (χ0n) is 46.8. The molecule has 1 aromatic carbocycles. The molecule has 0 aromatic heterocycles. The number of hydrogen-bond acceptors (Lipinski definition) is 18. The van der Waals surface area contributed by atoms with Crippen LogP contribution in [0.15, 0.2) is 36.4 Å². The van der Waals surface area contributed by atoms with Crippen LogP contribution in [-0.2, 0) is 62.2 Å². The number of carboxylic acid groups (broad SMARTS) is 1. The highest BCUT2D eigenvalue weighted by Gasteiger charge is 2.25. The smallest absolute Gasteiger partial charge is 0.306 e.